The molecule has 3 heterocycles. The Labute approximate surface area is 243 Å². The molecule has 2 aromatic carbocycles. The van der Waals surface area contributed by atoms with E-state index in [9.17, 15) is 28.0 Å². The van der Waals surface area contributed by atoms with E-state index in [1.165, 1.54) is 54.0 Å². The number of hydrogen-bond donors (Lipinski definition) is 2. The van der Waals surface area contributed by atoms with Crippen LogP contribution < -0.4 is 20.9 Å². The lowest BCUT2D eigenvalue weighted by Crippen LogP contribution is -2.29. The van der Waals surface area contributed by atoms with Gasteiger partial charge in [-0.05, 0) is 74.5 Å². The zero-order valence-corrected chi connectivity index (χ0v) is 23.1. The number of anilines is 2. The Morgan fingerprint density at radius 3 is 2.40 bits per heavy atom. The zero-order chi connectivity index (χ0) is 30.7. The summed E-state index contributed by atoms with van der Waals surface area (Å²) in [6, 6.07) is 15.2. The maximum atomic E-state index is 15.0. The van der Waals surface area contributed by atoms with Crippen molar-refractivity contribution in [2.45, 2.75) is 26.7 Å². The van der Waals surface area contributed by atoms with Gasteiger partial charge >= 0.3 is 0 Å². The SMILES string of the molecule is CC(=O)CCC(=O)Nc1cn2cc(Oc3ccc(NC(=O)c4ccc(C)n(-c5ccc(F)cc5)c4=O)cc3F)ccc2n1. The molecule has 5 aromatic rings. The normalized spacial score (nSPS) is 10.9. The molecule has 0 aliphatic heterocycles. The van der Waals surface area contributed by atoms with Crippen LogP contribution in [-0.4, -0.2) is 31.5 Å². The fourth-order valence-corrected chi connectivity index (χ4v) is 4.29. The van der Waals surface area contributed by atoms with Gasteiger partial charge in [0, 0.05) is 36.0 Å². The van der Waals surface area contributed by atoms with Crippen molar-refractivity contribution in [3.8, 4) is 17.2 Å². The number of Topliss-reactive ketones (excluding diaryl/α,β-unsaturated/α-hetero) is 1. The number of aryl methyl sites for hydroxylation is 1. The summed E-state index contributed by atoms with van der Waals surface area (Å²) in [5.41, 5.74) is 0.739. The van der Waals surface area contributed by atoms with Crippen LogP contribution in [0.2, 0.25) is 0 Å². The average molecular weight is 586 g/mol. The summed E-state index contributed by atoms with van der Waals surface area (Å²) in [5, 5.41) is 5.15. The zero-order valence-electron chi connectivity index (χ0n) is 23.1. The van der Waals surface area contributed by atoms with Gasteiger partial charge in [0.2, 0.25) is 5.91 Å². The lowest BCUT2D eigenvalue weighted by atomic mass is 10.2. The van der Waals surface area contributed by atoms with Gasteiger partial charge in [-0.25, -0.2) is 13.8 Å². The summed E-state index contributed by atoms with van der Waals surface area (Å²) in [7, 11) is 0. The number of benzene rings is 2. The van der Waals surface area contributed by atoms with E-state index >= 15 is 0 Å². The second-order valence-corrected chi connectivity index (χ2v) is 9.71. The van der Waals surface area contributed by atoms with Crippen molar-refractivity contribution in [2.24, 2.45) is 0 Å². The quantitative estimate of drug-likeness (QED) is 0.238. The minimum Gasteiger partial charge on any atom is -0.453 e. The number of ether oxygens (including phenoxy) is 1. The average Bonchev–Trinajstić information content (AvgIpc) is 3.35. The van der Waals surface area contributed by atoms with Gasteiger partial charge in [-0.15, -0.1) is 0 Å². The number of hydrogen-bond acceptors (Lipinski definition) is 6. The number of carbonyl (C=O) groups is 3. The van der Waals surface area contributed by atoms with Crippen molar-refractivity contribution in [2.75, 3.05) is 10.6 Å². The molecule has 0 saturated carbocycles. The monoisotopic (exact) mass is 585 g/mol. The number of aromatic nitrogens is 3. The molecule has 12 heteroatoms. The number of carbonyl (C=O) groups excluding carboxylic acids is 3. The smallest absolute Gasteiger partial charge is 0.268 e. The van der Waals surface area contributed by atoms with E-state index in [0.717, 1.165) is 6.07 Å². The fourth-order valence-electron chi connectivity index (χ4n) is 4.29. The minimum atomic E-state index is -0.769. The molecule has 0 unspecified atom stereocenters. The maximum Gasteiger partial charge on any atom is 0.268 e. The molecule has 0 aliphatic rings. The van der Waals surface area contributed by atoms with Crippen molar-refractivity contribution in [1.82, 2.24) is 14.0 Å². The lowest BCUT2D eigenvalue weighted by Gasteiger charge is -2.13. The summed E-state index contributed by atoms with van der Waals surface area (Å²) >= 11 is 0. The Morgan fingerprint density at radius 1 is 0.907 bits per heavy atom. The molecule has 5 rings (SSSR count). The highest BCUT2D eigenvalue weighted by Crippen LogP contribution is 2.27. The summed E-state index contributed by atoms with van der Waals surface area (Å²) < 4.78 is 36.9. The molecule has 0 aliphatic carbocycles. The van der Waals surface area contributed by atoms with E-state index in [-0.39, 0.29) is 53.1 Å². The highest BCUT2D eigenvalue weighted by atomic mass is 19.1. The molecule has 10 nitrogen and oxygen atoms in total. The Bertz CT molecular complexity index is 1930. The van der Waals surface area contributed by atoms with Crippen LogP contribution in [0.3, 0.4) is 0 Å². The molecule has 0 atom stereocenters. The van der Waals surface area contributed by atoms with Crippen LogP contribution in [0.25, 0.3) is 11.3 Å². The Morgan fingerprint density at radius 2 is 1.67 bits per heavy atom. The first-order valence-corrected chi connectivity index (χ1v) is 13.1. The molecule has 0 spiro atoms. The number of nitrogens with zero attached hydrogens (tertiary/aromatic N) is 3. The maximum absolute atomic E-state index is 15.0. The number of rotatable bonds is 9. The molecule has 218 valence electrons. The molecular weight excluding hydrogens is 560 g/mol. The molecule has 2 amide bonds. The summed E-state index contributed by atoms with van der Waals surface area (Å²) in [4.78, 5) is 53.4. The lowest BCUT2D eigenvalue weighted by molar-refractivity contribution is -0.121. The summed E-state index contributed by atoms with van der Waals surface area (Å²) in [5.74, 6) is -1.97. The van der Waals surface area contributed by atoms with E-state index in [1.807, 2.05) is 0 Å². The van der Waals surface area contributed by atoms with Crippen LogP contribution in [0.4, 0.5) is 20.3 Å². The largest absolute Gasteiger partial charge is 0.453 e. The van der Waals surface area contributed by atoms with E-state index in [4.69, 9.17) is 4.74 Å². The minimum absolute atomic E-state index is 0.0480. The van der Waals surface area contributed by atoms with Crippen molar-refractivity contribution in [3.05, 3.63) is 112 Å². The summed E-state index contributed by atoms with van der Waals surface area (Å²) in [6.45, 7) is 3.09. The third-order valence-electron chi connectivity index (χ3n) is 6.42. The van der Waals surface area contributed by atoms with Gasteiger partial charge in [-0.2, -0.15) is 0 Å². The first-order valence-electron chi connectivity index (χ1n) is 13.1. The number of ketones is 1. The number of amides is 2. The van der Waals surface area contributed by atoms with E-state index in [1.54, 1.807) is 41.9 Å². The molecule has 0 bridgehead atoms. The molecule has 0 saturated heterocycles. The third kappa shape index (κ3) is 6.64. The van der Waals surface area contributed by atoms with Crippen molar-refractivity contribution >= 4 is 34.8 Å². The Kier molecular flexibility index (Phi) is 8.10. The van der Waals surface area contributed by atoms with E-state index in [0.29, 0.717) is 17.0 Å². The second-order valence-electron chi connectivity index (χ2n) is 9.71. The van der Waals surface area contributed by atoms with Gasteiger partial charge in [-0.1, -0.05) is 0 Å². The van der Waals surface area contributed by atoms with Gasteiger partial charge in [0.1, 0.15) is 28.6 Å². The van der Waals surface area contributed by atoms with Crippen LogP contribution in [0.1, 0.15) is 35.8 Å². The predicted octanol–water partition coefficient (Wildman–Crippen LogP) is 5.42. The molecular formula is C31H25F2N5O5. The molecule has 0 fully saturated rings. The second kappa shape index (κ2) is 12.1. The van der Waals surface area contributed by atoms with Gasteiger partial charge in [0.05, 0.1) is 12.4 Å². The standard InChI is InChI=1S/C31H25F2N5O5/c1-18-3-11-24(31(42)38(18)22-8-5-20(32)6-9-22)30(41)34-21-7-12-26(25(33)15-21)43-23-10-13-28-35-27(17-37(28)16-23)36-29(40)14-4-19(2)39/h3,5-13,15-17H,4,14H2,1-2H3,(H,34,41)(H,36,40). The molecule has 43 heavy (non-hydrogen) atoms. The topological polar surface area (TPSA) is 124 Å². The third-order valence-corrected chi connectivity index (χ3v) is 6.42. The fraction of sp³-hybridized carbons (Fsp3) is 0.129. The number of halogens is 2. The van der Waals surface area contributed by atoms with E-state index < -0.39 is 23.1 Å². The van der Waals surface area contributed by atoms with Crippen LogP contribution in [0, 0.1) is 18.6 Å². The first kappa shape index (κ1) is 28.9. The predicted molar refractivity (Wildman–Crippen MR) is 155 cm³/mol. The van der Waals surface area contributed by atoms with Crippen LogP contribution in [0.15, 0.2) is 83.9 Å². The van der Waals surface area contributed by atoms with Crippen molar-refractivity contribution in [1.29, 1.82) is 0 Å². The van der Waals surface area contributed by atoms with Crippen LogP contribution in [-0.2, 0) is 9.59 Å². The van der Waals surface area contributed by atoms with Gasteiger partial charge < -0.3 is 24.6 Å². The van der Waals surface area contributed by atoms with E-state index in [2.05, 4.69) is 15.6 Å². The number of pyridine rings is 2. The van der Waals surface area contributed by atoms with Crippen molar-refractivity contribution in [3.63, 3.8) is 0 Å². The van der Waals surface area contributed by atoms with Crippen molar-refractivity contribution < 1.29 is 27.9 Å². The van der Waals surface area contributed by atoms with Crippen LogP contribution >= 0.6 is 0 Å². The Balaban J connectivity index is 1.28. The highest BCUT2D eigenvalue weighted by Gasteiger charge is 2.17. The number of imidazole rings is 1. The van der Waals surface area contributed by atoms with Crippen LogP contribution in [0.5, 0.6) is 11.5 Å². The molecule has 2 N–H and O–H groups in total. The highest BCUT2D eigenvalue weighted by molar-refractivity contribution is 6.04. The Hall–Kier alpha value is -5.65. The first-order chi connectivity index (χ1) is 20.6. The van der Waals surface area contributed by atoms with Gasteiger partial charge in [0.25, 0.3) is 11.5 Å². The van der Waals surface area contributed by atoms with Gasteiger partial charge in [-0.3, -0.25) is 19.0 Å². The molecule has 0 radical (unpaired) electrons. The summed E-state index contributed by atoms with van der Waals surface area (Å²) in [6.07, 6.45) is 3.28. The molecule has 3 aromatic heterocycles. The van der Waals surface area contributed by atoms with Gasteiger partial charge in [0.15, 0.2) is 17.4 Å². The number of fused-ring (bicyclic) bond motifs is 1. The number of nitrogens with one attached hydrogen (secondary N) is 2.